The molecule has 0 bridgehead atoms. The number of hydrogen-bond donors (Lipinski definition) is 1. The average Bonchev–Trinajstić information content (AvgIpc) is 2.65. The van der Waals surface area contributed by atoms with Gasteiger partial charge >= 0.3 is 0 Å². The molecule has 0 saturated carbocycles. The number of aliphatic hydroxyl groups is 1. The molecule has 0 spiro atoms. The lowest BCUT2D eigenvalue weighted by Crippen LogP contribution is -2.47. The van der Waals surface area contributed by atoms with Crippen molar-refractivity contribution in [3.05, 3.63) is 58.1 Å². The van der Waals surface area contributed by atoms with Gasteiger partial charge < -0.3 is 5.11 Å². The molecule has 1 fully saturated rings. The maximum atomic E-state index is 9.12. The van der Waals surface area contributed by atoms with Crippen LogP contribution >= 0.6 is 35.0 Å². The SMILES string of the molecule is CC(c1cc(Cl)ccc1Sc1ccccc1Cl)N1CCN(CCO)CC1. The van der Waals surface area contributed by atoms with Crippen LogP contribution in [0.5, 0.6) is 0 Å². The number of nitrogens with zero attached hydrogens (tertiary/aromatic N) is 2. The third kappa shape index (κ3) is 4.94. The number of hydrogen-bond acceptors (Lipinski definition) is 4. The van der Waals surface area contributed by atoms with E-state index in [0.717, 1.165) is 47.7 Å². The maximum absolute atomic E-state index is 9.12. The Hall–Kier alpha value is -0.750. The molecule has 6 heteroatoms. The Morgan fingerprint density at radius 3 is 2.46 bits per heavy atom. The van der Waals surface area contributed by atoms with Crippen molar-refractivity contribution >= 4 is 35.0 Å². The van der Waals surface area contributed by atoms with Gasteiger partial charge in [-0.2, -0.15) is 0 Å². The summed E-state index contributed by atoms with van der Waals surface area (Å²) in [5.41, 5.74) is 1.23. The van der Waals surface area contributed by atoms with Crippen molar-refractivity contribution in [1.29, 1.82) is 0 Å². The van der Waals surface area contributed by atoms with E-state index in [1.807, 2.05) is 30.3 Å². The summed E-state index contributed by atoms with van der Waals surface area (Å²) in [6.07, 6.45) is 0. The molecule has 1 unspecified atom stereocenters. The van der Waals surface area contributed by atoms with Crippen LogP contribution in [0.3, 0.4) is 0 Å². The molecule has 3 rings (SSSR count). The van der Waals surface area contributed by atoms with Gasteiger partial charge in [0.1, 0.15) is 0 Å². The van der Waals surface area contributed by atoms with Gasteiger partial charge in [-0.05, 0) is 42.8 Å². The van der Waals surface area contributed by atoms with Crippen LogP contribution in [0.25, 0.3) is 0 Å². The molecule has 1 N–H and O–H groups in total. The van der Waals surface area contributed by atoms with E-state index in [2.05, 4.69) is 28.9 Å². The highest BCUT2D eigenvalue weighted by atomic mass is 35.5. The van der Waals surface area contributed by atoms with Crippen LogP contribution < -0.4 is 0 Å². The zero-order valence-corrected chi connectivity index (χ0v) is 17.2. The first kappa shape index (κ1) is 20.0. The van der Waals surface area contributed by atoms with E-state index >= 15 is 0 Å². The monoisotopic (exact) mass is 410 g/mol. The number of aliphatic hydroxyl groups excluding tert-OH is 1. The largest absolute Gasteiger partial charge is 0.395 e. The van der Waals surface area contributed by atoms with Crippen molar-refractivity contribution in [2.24, 2.45) is 0 Å². The van der Waals surface area contributed by atoms with E-state index in [0.29, 0.717) is 0 Å². The van der Waals surface area contributed by atoms with Gasteiger partial charge in [0, 0.05) is 53.6 Å². The first-order valence-corrected chi connectivity index (χ1v) is 10.4. The van der Waals surface area contributed by atoms with E-state index < -0.39 is 0 Å². The minimum absolute atomic E-state index is 0.225. The summed E-state index contributed by atoms with van der Waals surface area (Å²) in [6.45, 7) is 7.17. The molecule has 1 aliphatic rings. The molecule has 0 aromatic heterocycles. The number of halogens is 2. The normalized spacial score (nSPS) is 17.4. The molecular weight excluding hydrogens is 387 g/mol. The van der Waals surface area contributed by atoms with Crippen LogP contribution in [0.4, 0.5) is 0 Å². The molecule has 1 aliphatic heterocycles. The maximum Gasteiger partial charge on any atom is 0.0558 e. The van der Waals surface area contributed by atoms with Gasteiger partial charge in [-0.3, -0.25) is 9.80 Å². The Morgan fingerprint density at radius 2 is 1.77 bits per heavy atom. The second-order valence-corrected chi connectivity index (χ2v) is 8.42. The van der Waals surface area contributed by atoms with E-state index in [-0.39, 0.29) is 12.6 Å². The first-order chi connectivity index (χ1) is 12.6. The summed E-state index contributed by atoms with van der Waals surface area (Å²) >= 11 is 14.3. The van der Waals surface area contributed by atoms with Crippen molar-refractivity contribution in [3.63, 3.8) is 0 Å². The summed E-state index contributed by atoms with van der Waals surface area (Å²) in [5, 5.41) is 10.6. The van der Waals surface area contributed by atoms with Crippen LogP contribution in [0.15, 0.2) is 52.3 Å². The number of piperazine rings is 1. The van der Waals surface area contributed by atoms with Crippen molar-refractivity contribution in [2.75, 3.05) is 39.3 Å². The fourth-order valence-electron chi connectivity index (χ4n) is 3.30. The van der Waals surface area contributed by atoms with Crippen molar-refractivity contribution in [2.45, 2.75) is 22.8 Å². The minimum Gasteiger partial charge on any atom is -0.395 e. The molecule has 0 aliphatic carbocycles. The first-order valence-electron chi connectivity index (χ1n) is 8.87. The highest BCUT2D eigenvalue weighted by Gasteiger charge is 2.24. The topological polar surface area (TPSA) is 26.7 Å². The zero-order valence-electron chi connectivity index (χ0n) is 14.9. The van der Waals surface area contributed by atoms with Crippen LogP contribution in [0, 0.1) is 0 Å². The molecular formula is C20H24Cl2N2OS. The standard InChI is InChI=1S/C20H24Cl2N2OS/c1-15(24-10-8-23(9-11-24)12-13-25)17-14-16(21)6-7-19(17)26-20-5-3-2-4-18(20)22/h2-7,14-15,25H,8-13H2,1H3. The smallest absolute Gasteiger partial charge is 0.0558 e. The predicted octanol–water partition coefficient (Wildman–Crippen LogP) is 4.82. The second-order valence-electron chi connectivity index (χ2n) is 6.49. The summed E-state index contributed by atoms with van der Waals surface area (Å²) in [7, 11) is 0. The lowest BCUT2D eigenvalue weighted by molar-refractivity contribution is 0.0881. The zero-order chi connectivity index (χ0) is 18.5. The van der Waals surface area contributed by atoms with Gasteiger partial charge in [0.05, 0.1) is 11.6 Å². The second kappa shape index (κ2) is 9.45. The van der Waals surface area contributed by atoms with Crippen LogP contribution in [0.1, 0.15) is 18.5 Å². The van der Waals surface area contributed by atoms with E-state index in [4.69, 9.17) is 28.3 Å². The fourth-order valence-corrected chi connectivity index (χ4v) is 4.76. The summed E-state index contributed by atoms with van der Waals surface area (Å²) in [6, 6.07) is 14.3. The summed E-state index contributed by atoms with van der Waals surface area (Å²) in [5.74, 6) is 0. The number of β-amino-alcohol motifs (C(OH)–C–C–N with tert-alkyl or cyclic N) is 1. The lowest BCUT2D eigenvalue weighted by Gasteiger charge is -2.38. The molecule has 2 aromatic carbocycles. The molecule has 1 heterocycles. The van der Waals surface area contributed by atoms with Gasteiger partial charge in [-0.25, -0.2) is 0 Å². The minimum atomic E-state index is 0.225. The highest BCUT2D eigenvalue weighted by Crippen LogP contribution is 2.39. The number of rotatable bonds is 6. The molecule has 3 nitrogen and oxygen atoms in total. The van der Waals surface area contributed by atoms with Crippen LogP contribution in [-0.2, 0) is 0 Å². The third-order valence-electron chi connectivity index (χ3n) is 4.85. The van der Waals surface area contributed by atoms with Crippen molar-refractivity contribution in [3.8, 4) is 0 Å². The predicted molar refractivity (Wildman–Crippen MR) is 111 cm³/mol. The van der Waals surface area contributed by atoms with Crippen LogP contribution in [-0.4, -0.2) is 54.2 Å². The molecule has 2 aromatic rings. The number of benzene rings is 2. The van der Waals surface area contributed by atoms with Gasteiger partial charge in [0.25, 0.3) is 0 Å². The van der Waals surface area contributed by atoms with Gasteiger partial charge in [0.2, 0.25) is 0 Å². The molecule has 1 atom stereocenters. The van der Waals surface area contributed by atoms with Crippen molar-refractivity contribution < 1.29 is 5.11 Å². The van der Waals surface area contributed by atoms with Gasteiger partial charge in [-0.1, -0.05) is 47.1 Å². The summed E-state index contributed by atoms with van der Waals surface area (Å²) in [4.78, 5) is 7.03. The Kier molecular flexibility index (Phi) is 7.27. The van der Waals surface area contributed by atoms with E-state index in [9.17, 15) is 0 Å². The van der Waals surface area contributed by atoms with Gasteiger partial charge in [0.15, 0.2) is 0 Å². The Morgan fingerprint density at radius 1 is 1.04 bits per heavy atom. The average molecular weight is 411 g/mol. The van der Waals surface area contributed by atoms with Crippen molar-refractivity contribution in [1.82, 2.24) is 9.80 Å². The highest BCUT2D eigenvalue weighted by molar-refractivity contribution is 7.99. The Labute approximate surface area is 169 Å². The molecule has 26 heavy (non-hydrogen) atoms. The quantitative estimate of drug-likeness (QED) is 0.738. The van der Waals surface area contributed by atoms with Gasteiger partial charge in [-0.15, -0.1) is 0 Å². The molecule has 140 valence electrons. The Bertz CT molecular complexity index is 736. The summed E-state index contributed by atoms with van der Waals surface area (Å²) < 4.78 is 0. The molecule has 1 saturated heterocycles. The fraction of sp³-hybridized carbons (Fsp3) is 0.400. The molecule has 0 radical (unpaired) electrons. The molecule has 0 amide bonds. The van der Waals surface area contributed by atoms with Crippen LogP contribution in [0.2, 0.25) is 10.0 Å². The lowest BCUT2D eigenvalue weighted by atomic mass is 10.1. The van der Waals surface area contributed by atoms with E-state index in [1.165, 1.54) is 10.5 Å². The van der Waals surface area contributed by atoms with E-state index in [1.54, 1.807) is 11.8 Å². The Balaban J connectivity index is 1.78. The third-order valence-corrected chi connectivity index (χ3v) is 6.69.